The van der Waals surface area contributed by atoms with E-state index in [2.05, 4.69) is 10.3 Å². The fourth-order valence-electron chi connectivity index (χ4n) is 1.67. The second-order valence-electron chi connectivity index (χ2n) is 3.96. The first kappa shape index (κ1) is 14.3. The molecular weight excluding hydrogens is 283 g/mol. The van der Waals surface area contributed by atoms with E-state index in [1.807, 2.05) is 0 Å². The summed E-state index contributed by atoms with van der Waals surface area (Å²) in [6, 6.07) is 7.48. The Morgan fingerprint density at radius 2 is 2.25 bits per heavy atom. The van der Waals surface area contributed by atoms with Crippen molar-refractivity contribution < 1.29 is 13.9 Å². The molecule has 104 valence electrons. The number of nitrogens with zero attached hydrogens (tertiary/aromatic N) is 1. The van der Waals surface area contributed by atoms with Gasteiger partial charge in [0, 0.05) is 11.2 Å². The summed E-state index contributed by atoms with van der Waals surface area (Å²) in [6.45, 7) is -0.0127. The molecule has 0 radical (unpaired) electrons. The Hall–Kier alpha value is -2.14. The molecule has 1 N–H and O–H groups in total. The first-order valence-electron chi connectivity index (χ1n) is 5.83. The third-order valence-electron chi connectivity index (χ3n) is 2.66. The van der Waals surface area contributed by atoms with Crippen LogP contribution in [0.5, 0.6) is 5.75 Å². The van der Waals surface area contributed by atoms with Crippen LogP contribution in [0.15, 0.2) is 36.5 Å². The van der Waals surface area contributed by atoms with Gasteiger partial charge in [-0.15, -0.1) is 0 Å². The van der Waals surface area contributed by atoms with Crippen molar-refractivity contribution in [2.45, 2.75) is 6.54 Å². The van der Waals surface area contributed by atoms with Crippen LogP contribution in [-0.2, 0) is 6.54 Å². The predicted molar refractivity (Wildman–Crippen MR) is 73.4 cm³/mol. The van der Waals surface area contributed by atoms with Gasteiger partial charge in [0.25, 0.3) is 5.91 Å². The van der Waals surface area contributed by atoms with Gasteiger partial charge in [-0.25, -0.2) is 4.39 Å². The van der Waals surface area contributed by atoms with Crippen LogP contribution >= 0.6 is 11.6 Å². The van der Waals surface area contributed by atoms with E-state index >= 15 is 0 Å². The van der Waals surface area contributed by atoms with Crippen LogP contribution in [0.25, 0.3) is 0 Å². The second-order valence-corrected chi connectivity index (χ2v) is 4.40. The summed E-state index contributed by atoms with van der Waals surface area (Å²) in [5.41, 5.74) is 0.457. The molecule has 2 rings (SSSR count). The number of aromatic nitrogens is 1. The van der Waals surface area contributed by atoms with Gasteiger partial charge in [0.1, 0.15) is 11.6 Å². The topological polar surface area (TPSA) is 51.2 Å². The Bertz CT molecular complexity index is 634. The summed E-state index contributed by atoms with van der Waals surface area (Å²) in [4.78, 5) is 15.9. The Labute approximate surface area is 120 Å². The van der Waals surface area contributed by atoms with Crippen LogP contribution in [0.1, 0.15) is 16.1 Å². The Kier molecular flexibility index (Phi) is 4.53. The van der Waals surface area contributed by atoms with Gasteiger partial charge in [0.15, 0.2) is 0 Å². The molecule has 0 bridgehead atoms. The lowest BCUT2D eigenvalue weighted by Crippen LogP contribution is -2.24. The molecule has 0 saturated carbocycles. The highest BCUT2D eigenvalue weighted by molar-refractivity contribution is 6.31. The third kappa shape index (κ3) is 3.24. The minimum atomic E-state index is -0.467. The van der Waals surface area contributed by atoms with Crippen molar-refractivity contribution in [2.24, 2.45) is 0 Å². The Morgan fingerprint density at radius 1 is 1.45 bits per heavy atom. The number of ether oxygens (including phenoxy) is 1. The van der Waals surface area contributed by atoms with Crippen molar-refractivity contribution in [3.05, 3.63) is 58.6 Å². The number of halogens is 2. The predicted octanol–water partition coefficient (Wildman–Crippen LogP) is 2.81. The van der Waals surface area contributed by atoms with Gasteiger partial charge >= 0.3 is 0 Å². The summed E-state index contributed by atoms with van der Waals surface area (Å²) < 4.78 is 18.5. The van der Waals surface area contributed by atoms with E-state index in [1.54, 1.807) is 12.1 Å². The number of carbonyl (C=O) groups is 1. The van der Waals surface area contributed by atoms with Gasteiger partial charge in [-0.1, -0.05) is 11.6 Å². The van der Waals surface area contributed by atoms with Crippen molar-refractivity contribution in [2.75, 3.05) is 7.11 Å². The van der Waals surface area contributed by atoms with Crippen LogP contribution in [0.4, 0.5) is 4.39 Å². The van der Waals surface area contributed by atoms with E-state index in [9.17, 15) is 9.18 Å². The van der Waals surface area contributed by atoms with Crippen LogP contribution in [0, 0.1) is 5.82 Å². The molecule has 0 atom stereocenters. The SMILES string of the molecule is COc1ccc(Cl)cc1C(=O)NCc1ncccc1F. The van der Waals surface area contributed by atoms with E-state index in [4.69, 9.17) is 16.3 Å². The monoisotopic (exact) mass is 294 g/mol. The summed E-state index contributed by atoms with van der Waals surface area (Å²) >= 11 is 5.85. The van der Waals surface area contributed by atoms with Crippen LogP contribution < -0.4 is 10.1 Å². The first-order valence-corrected chi connectivity index (χ1v) is 6.20. The Balaban J connectivity index is 2.13. The number of hydrogen-bond donors (Lipinski definition) is 1. The molecule has 1 aromatic heterocycles. The zero-order chi connectivity index (χ0) is 14.5. The normalized spacial score (nSPS) is 10.2. The molecule has 20 heavy (non-hydrogen) atoms. The zero-order valence-electron chi connectivity index (χ0n) is 10.7. The molecule has 0 spiro atoms. The Morgan fingerprint density at radius 3 is 2.95 bits per heavy atom. The molecule has 0 unspecified atom stereocenters. The molecule has 0 fully saturated rings. The summed E-state index contributed by atoms with van der Waals surface area (Å²) in [5.74, 6) is -0.478. The van der Waals surface area contributed by atoms with Crippen molar-refractivity contribution >= 4 is 17.5 Å². The zero-order valence-corrected chi connectivity index (χ0v) is 11.4. The van der Waals surface area contributed by atoms with Gasteiger partial charge in [-0.3, -0.25) is 9.78 Å². The maximum absolute atomic E-state index is 13.4. The fraction of sp³-hybridized carbons (Fsp3) is 0.143. The maximum Gasteiger partial charge on any atom is 0.255 e. The second kappa shape index (κ2) is 6.34. The number of hydrogen-bond acceptors (Lipinski definition) is 3. The van der Waals surface area contributed by atoms with E-state index in [-0.39, 0.29) is 17.8 Å². The maximum atomic E-state index is 13.4. The summed E-state index contributed by atoms with van der Waals surface area (Å²) in [7, 11) is 1.46. The van der Waals surface area contributed by atoms with Crippen molar-refractivity contribution in [1.82, 2.24) is 10.3 Å². The van der Waals surface area contributed by atoms with E-state index in [1.165, 1.54) is 31.5 Å². The van der Waals surface area contributed by atoms with Crippen molar-refractivity contribution in [3.63, 3.8) is 0 Å². The van der Waals surface area contributed by atoms with Crippen LogP contribution in [0.3, 0.4) is 0 Å². The average Bonchev–Trinajstić information content (AvgIpc) is 2.46. The van der Waals surface area contributed by atoms with Gasteiger partial charge in [0.2, 0.25) is 0 Å². The quantitative estimate of drug-likeness (QED) is 0.943. The highest BCUT2D eigenvalue weighted by Crippen LogP contribution is 2.22. The molecule has 1 amide bonds. The first-order chi connectivity index (χ1) is 9.61. The number of methoxy groups -OCH3 is 1. The van der Waals surface area contributed by atoms with Gasteiger partial charge < -0.3 is 10.1 Å². The van der Waals surface area contributed by atoms with E-state index in [0.717, 1.165) is 0 Å². The molecule has 1 heterocycles. The van der Waals surface area contributed by atoms with Gasteiger partial charge in [-0.05, 0) is 30.3 Å². The molecular formula is C14H12ClFN2O2. The largest absolute Gasteiger partial charge is 0.496 e. The van der Waals surface area contributed by atoms with E-state index in [0.29, 0.717) is 10.8 Å². The highest BCUT2D eigenvalue weighted by atomic mass is 35.5. The van der Waals surface area contributed by atoms with Gasteiger partial charge in [-0.2, -0.15) is 0 Å². The minimum Gasteiger partial charge on any atom is -0.496 e. The van der Waals surface area contributed by atoms with Gasteiger partial charge in [0.05, 0.1) is 24.9 Å². The molecule has 4 nitrogen and oxygen atoms in total. The average molecular weight is 295 g/mol. The lowest BCUT2D eigenvalue weighted by Gasteiger charge is -2.09. The standard InChI is InChI=1S/C14H12ClFN2O2/c1-20-13-5-4-9(15)7-10(13)14(19)18-8-12-11(16)3-2-6-17-12/h2-7H,8H2,1H3,(H,18,19). The van der Waals surface area contributed by atoms with Crippen molar-refractivity contribution in [3.8, 4) is 5.75 Å². The molecule has 0 aliphatic carbocycles. The number of amides is 1. The minimum absolute atomic E-state index is 0.0127. The molecule has 2 aromatic rings. The molecule has 6 heteroatoms. The lowest BCUT2D eigenvalue weighted by molar-refractivity contribution is 0.0947. The number of pyridine rings is 1. The smallest absolute Gasteiger partial charge is 0.255 e. The number of carbonyl (C=O) groups excluding carboxylic acids is 1. The van der Waals surface area contributed by atoms with E-state index < -0.39 is 11.7 Å². The molecule has 0 saturated heterocycles. The molecule has 0 aliphatic heterocycles. The van der Waals surface area contributed by atoms with Crippen molar-refractivity contribution in [1.29, 1.82) is 0 Å². The number of rotatable bonds is 4. The highest BCUT2D eigenvalue weighted by Gasteiger charge is 2.13. The van der Waals surface area contributed by atoms with Crippen LogP contribution in [0.2, 0.25) is 5.02 Å². The van der Waals surface area contributed by atoms with Crippen LogP contribution in [-0.4, -0.2) is 18.0 Å². The third-order valence-corrected chi connectivity index (χ3v) is 2.89. The summed E-state index contributed by atoms with van der Waals surface area (Å²) in [6.07, 6.45) is 1.46. The fourth-order valence-corrected chi connectivity index (χ4v) is 1.84. The lowest BCUT2D eigenvalue weighted by atomic mass is 10.2. The molecule has 1 aromatic carbocycles. The number of benzene rings is 1. The molecule has 0 aliphatic rings. The summed E-state index contributed by atoms with van der Waals surface area (Å²) in [5, 5.41) is 2.99. The number of nitrogens with one attached hydrogen (secondary N) is 1.